The first-order chi connectivity index (χ1) is 9.27. The SMILES string of the molecule is CCN(CC(=O)Nc1ccc(Cl)cc1)C(C)(C)C(=O)O. The molecule has 2 N–H and O–H groups in total. The summed E-state index contributed by atoms with van der Waals surface area (Å²) < 4.78 is 0. The molecule has 0 aromatic heterocycles. The molecule has 1 rings (SSSR count). The third-order valence-electron chi connectivity index (χ3n) is 3.16. The Kier molecular flexibility index (Phi) is 5.53. The second kappa shape index (κ2) is 6.72. The Hall–Kier alpha value is -1.59. The minimum absolute atomic E-state index is 0.0123. The molecule has 110 valence electrons. The van der Waals surface area contributed by atoms with Crippen LogP contribution in [0.5, 0.6) is 0 Å². The van der Waals surface area contributed by atoms with Crippen molar-refractivity contribution in [2.75, 3.05) is 18.4 Å². The van der Waals surface area contributed by atoms with Gasteiger partial charge in [-0.15, -0.1) is 0 Å². The molecule has 1 amide bonds. The summed E-state index contributed by atoms with van der Waals surface area (Å²) in [7, 11) is 0. The number of amides is 1. The van der Waals surface area contributed by atoms with E-state index in [2.05, 4.69) is 5.32 Å². The molecular formula is C14H19ClN2O3. The number of likely N-dealkylation sites (N-methyl/N-ethyl adjacent to an activating group) is 1. The maximum atomic E-state index is 12.0. The molecule has 20 heavy (non-hydrogen) atoms. The number of nitrogens with one attached hydrogen (secondary N) is 1. The van der Waals surface area contributed by atoms with Gasteiger partial charge in [0.05, 0.1) is 6.54 Å². The first kappa shape index (κ1) is 16.5. The molecule has 0 bridgehead atoms. The van der Waals surface area contributed by atoms with Crippen molar-refractivity contribution in [2.24, 2.45) is 0 Å². The lowest BCUT2D eigenvalue weighted by atomic mass is 10.0. The molecule has 0 heterocycles. The van der Waals surface area contributed by atoms with Gasteiger partial charge >= 0.3 is 5.97 Å². The maximum Gasteiger partial charge on any atom is 0.323 e. The average molecular weight is 299 g/mol. The minimum atomic E-state index is -1.09. The van der Waals surface area contributed by atoms with Crippen LogP contribution in [-0.4, -0.2) is 40.5 Å². The van der Waals surface area contributed by atoms with Crippen LogP contribution in [0.4, 0.5) is 5.69 Å². The highest BCUT2D eigenvalue weighted by molar-refractivity contribution is 6.30. The highest BCUT2D eigenvalue weighted by atomic mass is 35.5. The van der Waals surface area contributed by atoms with Gasteiger partial charge < -0.3 is 10.4 Å². The van der Waals surface area contributed by atoms with E-state index < -0.39 is 11.5 Å². The lowest BCUT2D eigenvalue weighted by molar-refractivity contribution is -0.149. The maximum absolute atomic E-state index is 12.0. The van der Waals surface area contributed by atoms with Gasteiger partial charge in [0.1, 0.15) is 5.54 Å². The van der Waals surface area contributed by atoms with E-state index in [1.54, 1.807) is 43.0 Å². The molecule has 0 radical (unpaired) electrons. The third kappa shape index (κ3) is 4.21. The quantitative estimate of drug-likeness (QED) is 0.846. The van der Waals surface area contributed by atoms with Crippen LogP contribution in [0.1, 0.15) is 20.8 Å². The normalized spacial score (nSPS) is 11.4. The van der Waals surface area contributed by atoms with E-state index in [0.29, 0.717) is 17.3 Å². The van der Waals surface area contributed by atoms with Gasteiger partial charge in [-0.2, -0.15) is 0 Å². The summed E-state index contributed by atoms with van der Waals surface area (Å²) in [6.45, 7) is 5.45. The molecule has 0 saturated carbocycles. The van der Waals surface area contributed by atoms with Crippen LogP contribution in [0.25, 0.3) is 0 Å². The summed E-state index contributed by atoms with van der Waals surface area (Å²) in [5.74, 6) is -1.22. The fourth-order valence-corrected chi connectivity index (χ4v) is 1.87. The number of carboxylic acid groups (broad SMARTS) is 1. The van der Waals surface area contributed by atoms with E-state index in [0.717, 1.165) is 0 Å². The fraction of sp³-hybridized carbons (Fsp3) is 0.429. The van der Waals surface area contributed by atoms with Crippen LogP contribution < -0.4 is 5.32 Å². The zero-order chi connectivity index (χ0) is 15.3. The van der Waals surface area contributed by atoms with E-state index in [9.17, 15) is 14.7 Å². The Morgan fingerprint density at radius 2 is 1.85 bits per heavy atom. The molecule has 0 aliphatic rings. The van der Waals surface area contributed by atoms with Crippen molar-refractivity contribution in [3.63, 3.8) is 0 Å². The summed E-state index contributed by atoms with van der Waals surface area (Å²) in [4.78, 5) is 24.8. The molecule has 6 heteroatoms. The molecule has 0 atom stereocenters. The van der Waals surface area contributed by atoms with Gasteiger partial charge in [0.25, 0.3) is 0 Å². The zero-order valence-corrected chi connectivity index (χ0v) is 12.6. The van der Waals surface area contributed by atoms with Crippen molar-refractivity contribution in [3.05, 3.63) is 29.3 Å². The van der Waals surface area contributed by atoms with Crippen LogP contribution in [0, 0.1) is 0 Å². The monoisotopic (exact) mass is 298 g/mol. The Bertz CT molecular complexity index is 486. The van der Waals surface area contributed by atoms with Gasteiger partial charge in [-0.3, -0.25) is 14.5 Å². The number of carbonyl (C=O) groups is 2. The molecule has 1 aromatic rings. The number of aliphatic carboxylic acids is 1. The molecule has 0 fully saturated rings. The van der Waals surface area contributed by atoms with Crippen LogP contribution in [-0.2, 0) is 9.59 Å². The van der Waals surface area contributed by atoms with E-state index in [1.807, 2.05) is 6.92 Å². The number of anilines is 1. The largest absolute Gasteiger partial charge is 0.480 e. The Morgan fingerprint density at radius 3 is 2.30 bits per heavy atom. The summed E-state index contributed by atoms with van der Waals surface area (Å²) in [6, 6.07) is 6.74. The van der Waals surface area contributed by atoms with Crippen LogP contribution >= 0.6 is 11.6 Å². The van der Waals surface area contributed by atoms with Crippen molar-refractivity contribution in [1.29, 1.82) is 0 Å². The zero-order valence-electron chi connectivity index (χ0n) is 11.8. The first-order valence-corrected chi connectivity index (χ1v) is 6.69. The van der Waals surface area contributed by atoms with E-state index in [1.165, 1.54) is 0 Å². The number of hydrogen-bond donors (Lipinski definition) is 2. The van der Waals surface area contributed by atoms with Crippen LogP contribution in [0.15, 0.2) is 24.3 Å². The van der Waals surface area contributed by atoms with Crippen LogP contribution in [0.2, 0.25) is 5.02 Å². The lowest BCUT2D eigenvalue weighted by Crippen LogP contribution is -2.52. The number of nitrogens with zero attached hydrogens (tertiary/aromatic N) is 1. The standard InChI is InChI=1S/C14H19ClN2O3/c1-4-17(14(2,3)13(19)20)9-12(18)16-11-7-5-10(15)6-8-11/h5-8H,4,9H2,1-3H3,(H,16,18)(H,19,20). The van der Waals surface area contributed by atoms with Crippen molar-refractivity contribution in [1.82, 2.24) is 4.90 Å². The predicted molar refractivity (Wildman–Crippen MR) is 79.0 cm³/mol. The van der Waals surface area contributed by atoms with Crippen molar-refractivity contribution in [2.45, 2.75) is 26.3 Å². The number of hydrogen-bond acceptors (Lipinski definition) is 3. The summed E-state index contributed by atoms with van der Waals surface area (Å²) in [5.41, 5.74) is -0.463. The van der Waals surface area contributed by atoms with Crippen molar-refractivity contribution in [3.8, 4) is 0 Å². The van der Waals surface area contributed by atoms with E-state index in [-0.39, 0.29) is 12.5 Å². The number of halogens is 1. The molecule has 5 nitrogen and oxygen atoms in total. The van der Waals surface area contributed by atoms with E-state index >= 15 is 0 Å². The van der Waals surface area contributed by atoms with Gasteiger partial charge in [0, 0.05) is 10.7 Å². The third-order valence-corrected chi connectivity index (χ3v) is 3.41. The summed E-state index contributed by atoms with van der Waals surface area (Å²) >= 11 is 5.76. The fourth-order valence-electron chi connectivity index (χ4n) is 1.75. The van der Waals surface area contributed by atoms with Gasteiger partial charge in [-0.05, 0) is 44.7 Å². The Morgan fingerprint density at radius 1 is 1.30 bits per heavy atom. The number of carboxylic acids is 1. The molecule has 0 spiro atoms. The topological polar surface area (TPSA) is 69.6 Å². The summed E-state index contributed by atoms with van der Waals surface area (Å²) in [6.07, 6.45) is 0. The Balaban J connectivity index is 2.69. The second-order valence-electron chi connectivity index (χ2n) is 4.93. The second-order valence-corrected chi connectivity index (χ2v) is 5.37. The lowest BCUT2D eigenvalue weighted by Gasteiger charge is -2.33. The summed E-state index contributed by atoms with van der Waals surface area (Å²) in [5, 5.41) is 12.5. The highest BCUT2D eigenvalue weighted by Crippen LogP contribution is 2.16. The minimum Gasteiger partial charge on any atom is -0.480 e. The molecule has 0 saturated heterocycles. The molecule has 0 aliphatic heterocycles. The van der Waals surface area contributed by atoms with E-state index in [4.69, 9.17) is 11.6 Å². The molecule has 0 unspecified atom stereocenters. The van der Waals surface area contributed by atoms with Gasteiger partial charge in [0.15, 0.2) is 0 Å². The van der Waals surface area contributed by atoms with Gasteiger partial charge in [-0.25, -0.2) is 0 Å². The first-order valence-electron chi connectivity index (χ1n) is 6.31. The number of carbonyl (C=O) groups excluding carboxylic acids is 1. The average Bonchev–Trinajstić information content (AvgIpc) is 2.38. The van der Waals surface area contributed by atoms with Gasteiger partial charge in [-0.1, -0.05) is 18.5 Å². The highest BCUT2D eigenvalue weighted by Gasteiger charge is 2.34. The van der Waals surface area contributed by atoms with Crippen LogP contribution in [0.3, 0.4) is 0 Å². The molecule has 1 aromatic carbocycles. The molecule has 0 aliphatic carbocycles. The smallest absolute Gasteiger partial charge is 0.323 e. The number of benzene rings is 1. The van der Waals surface area contributed by atoms with Crippen molar-refractivity contribution >= 4 is 29.2 Å². The molecular weight excluding hydrogens is 280 g/mol. The van der Waals surface area contributed by atoms with Crippen molar-refractivity contribution < 1.29 is 14.7 Å². The Labute approximate surface area is 123 Å². The number of rotatable bonds is 6. The van der Waals surface area contributed by atoms with Gasteiger partial charge in [0.2, 0.25) is 5.91 Å². The predicted octanol–water partition coefficient (Wildman–Crippen LogP) is 2.46.